The van der Waals surface area contributed by atoms with Crippen LogP contribution < -0.4 is 0 Å². The van der Waals surface area contributed by atoms with Crippen molar-refractivity contribution < 1.29 is 4.42 Å². The van der Waals surface area contributed by atoms with E-state index >= 15 is 0 Å². The van der Waals surface area contributed by atoms with E-state index in [0.717, 1.165) is 16.7 Å². The number of hydrogen-bond acceptors (Lipinski definition) is 3. The number of benzene rings is 4. The van der Waals surface area contributed by atoms with Crippen molar-refractivity contribution in [3.63, 3.8) is 0 Å². The van der Waals surface area contributed by atoms with Gasteiger partial charge in [-0.2, -0.15) is 0 Å². The van der Waals surface area contributed by atoms with Crippen LogP contribution in [0.3, 0.4) is 0 Å². The fourth-order valence-corrected chi connectivity index (χ4v) is 3.70. The maximum Gasteiger partial charge on any atom is 0.248 e. The normalized spacial score (nSPS) is 11.4. The molecule has 150 valence electrons. The Morgan fingerprint density at radius 2 is 1.35 bits per heavy atom. The van der Waals surface area contributed by atoms with Gasteiger partial charge in [0.15, 0.2) is 0 Å². The van der Waals surface area contributed by atoms with Crippen molar-refractivity contribution in [3.8, 4) is 22.9 Å². The Bertz CT molecular complexity index is 1400. The minimum Gasteiger partial charge on any atom is -0.416 e. The van der Waals surface area contributed by atoms with Crippen LogP contribution in [0.5, 0.6) is 0 Å². The molecule has 0 amide bonds. The van der Waals surface area contributed by atoms with Gasteiger partial charge >= 0.3 is 0 Å². The molecule has 0 radical (unpaired) electrons. The first-order valence-corrected chi connectivity index (χ1v) is 10.5. The zero-order valence-electron chi connectivity index (χ0n) is 16.3. The van der Waals surface area contributed by atoms with Gasteiger partial charge in [0, 0.05) is 11.1 Å². The Balaban J connectivity index is 1.37. The van der Waals surface area contributed by atoms with Crippen LogP contribution in [0.4, 0.5) is 0 Å². The molecule has 31 heavy (non-hydrogen) atoms. The van der Waals surface area contributed by atoms with E-state index < -0.39 is 0 Å². The summed E-state index contributed by atoms with van der Waals surface area (Å²) in [6.45, 7) is 0. The number of hydrogen-bond donors (Lipinski definition) is 0. The Labute approximate surface area is 189 Å². The van der Waals surface area contributed by atoms with Crippen molar-refractivity contribution in [2.75, 3.05) is 0 Å². The lowest BCUT2D eigenvalue weighted by Gasteiger charge is -2.02. The minimum atomic E-state index is 0.397. The third kappa shape index (κ3) is 4.11. The number of nitrogens with zero attached hydrogens (tertiary/aromatic N) is 2. The molecule has 0 N–H and O–H groups in total. The van der Waals surface area contributed by atoms with Crippen molar-refractivity contribution in [1.82, 2.24) is 10.2 Å². The topological polar surface area (TPSA) is 38.9 Å². The number of rotatable bonds is 4. The van der Waals surface area contributed by atoms with Crippen molar-refractivity contribution >= 4 is 46.1 Å². The molecule has 5 heteroatoms. The molecule has 0 fully saturated rings. The van der Waals surface area contributed by atoms with Gasteiger partial charge in [0.1, 0.15) is 0 Å². The van der Waals surface area contributed by atoms with Gasteiger partial charge in [-0.15, -0.1) is 10.2 Å². The van der Waals surface area contributed by atoms with Gasteiger partial charge in [0.05, 0.1) is 10.0 Å². The van der Waals surface area contributed by atoms with E-state index in [1.807, 2.05) is 24.3 Å². The summed E-state index contributed by atoms with van der Waals surface area (Å²) in [5.74, 6) is 0.846. The molecule has 0 aliphatic rings. The quantitative estimate of drug-likeness (QED) is 0.264. The lowest BCUT2D eigenvalue weighted by Crippen LogP contribution is -1.80. The molecule has 5 aromatic rings. The molecule has 0 atom stereocenters. The summed E-state index contributed by atoms with van der Waals surface area (Å²) in [6.07, 6.45) is 4.23. The van der Waals surface area contributed by atoms with Gasteiger partial charge < -0.3 is 4.42 Å². The first kappa shape index (κ1) is 19.6. The third-order valence-electron chi connectivity index (χ3n) is 5.03. The highest BCUT2D eigenvalue weighted by Crippen LogP contribution is 2.30. The molecule has 0 saturated carbocycles. The monoisotopic (exact) mass is 442 g/mol. The van der Waals surface area contributed by atoms with E-state index in [-0.39, 0.29) is 0 Å². The van der Waals surface area contributed by atoms with Gasteiger partial charge in [-0.25, -0.2) is 0 Å². The Hall–Kier alpha value is -3.40. The molecule has 0 bridgehead atoms. The van der Waals surface area contributed by atoms with Gasteiger partial charge in [-0.3, -0.25) is 0 Å². The lowest BCUT2D eigenvalue weighted by atomic mass is 10.0. The number of fused-ring (bicyclic) bond motifs is 1. The summed E-state index contributed by atoms with van der Waals surface area (Å²) in [7, 11) is 0. The van der Waals surface area contributed by atoms with Gasteiger partial charge in [0.2, 0.25) is 11.8 Å². The van der Waals surface area contributed by atoms with E-state index in [9.17, 15) is 0 Å². The summed E-state index contributed by atoms with van der Waals surface area (Å²) >= 11 is 12.1. The van der Waals surface area contributed by atoms with Crippen LogP contribution in [0, 0.1) is 0 Å². The number of halogens is 2. The van der Waals surface area contributed by atoms with Crippen LogP contribution in [0.25, 0.3) is 45.8 Å². The van der Waals surface area contributed by atoms with Crippen LogP contribution in [0.15, 0.2) is 89.3 Å². The second-order valence-corrected chi connectivity index (χ2v) is 7.88. The second-order valence-electron chi connectivity index (χ2n) is 7.06. The van der Waals surface area contributed by atoms with E-state index in [2.05, 4.69) is 64.8 Å². The van der Waals surface area contributed by atoms with Gasteiger partial charge in [0.25, 0.3) is 0 Å². The van der Waals surface area contributed by atoms with E-state index in [4.69, 9.17) is 27.6 Å². The predicted octanol–water partition coefficient (Wildman–Crippen LogP) is 8.03. The zero-order chi connectivity index (χ0) is 21.2. The smallest absolute Gasteiger partial charge is 0.248 e. The summed E-state index contributed by atoms with van der Waals surface area (Å²) in [5.41, 5.74) is 3.84. The lowest BCUT2D eigenvalue weighted by molar-refractivity contribution is 0.584. The van der Waals surface area contributed by atoms with Crippen LogP contribution in [0.2, 0.25) is 10.0 Å². The molecule has 1 heterocycles. The molecule has 5 rings (SSSR count). The molecule has 0 spiro atoms. The van der Waals surface area contributed by atoms with Crippen LogP contribution >= 0.6 is 23.2 Å². The zero-order valence-corrected chi connectivity index (χ0v) is 17.8. The van der Waals surface area contributed by atoms with Crippen LogP contribution in [-0.4, -0.2) is 10.2 Å². The maximum absolute atomic E-state index is 6.08. The molecule has 4 aromatic carbocycles. The van der Waals surface area contributed by atoms with Gasteiger partial charge in [-0.1, -0.05) is 90.0 Å². The average molecular weight is 443 g/mol. The Kier molecular flexibility index (Phi) is 5.29. The second kappa shape index (κ2) is 8.38. The average Bonchev–Trinajstić information content (AvgIpc) is 3.30. The fraction of sp³-hybridized carbons (Fsp3) is 0. The van der Waals surface area contributed by atoms with Crippen molar-refractivity contribution in [1.29, 1.82) is 0 Å². The van der Waals surface area contributed by atoms with E-state index in [1.165, 1.54) is 16.3 Å². The van der Waals surface area contributed by atoms with Crippen LogP contribution in [-0.2, 0) is 0 Å². The molecule has 0 aliphatic carbocycles. The molecule has 1 aromatic heterocycles. The Morgan fingerprint density at radius 3 is 2.16 bits per heavy atom. The predicted molar refractivity (Wildman–Crippen MR) is 128 cm³/mol. The van der Waals surface area contributed by atoms with Crippen molar-refractivity contribution in [2.45, 2.75) is 0 Å². The van der Waals surface area contributed by atoms with Crippen molar-refractivity contribution in [2.24, 2.45) is 0 Å². The van der Waals surface area contributed by atoms with Crippen LogP contribution in [0.1, 0.15) is 11.1 Å². The SMILES string of the molecule is Clc1ccc(-c2nnc(-c3ccc(/C=C/c4cccc5ccccc45)cc3)o2)cc1Cl. The molecule has 0 saturated heterocycles. The molecular weight excluding hydrogens is 427 g/mol. The summed E-state index contributed by atoms with van der Waals surface area (Å²) in [6, 6.07) is 27.9. The third-order valence-corrected chi connectivity index (χ3v) is 5.77. The van der Waals surface area contributed by atoms with E-state index in [0.29, 0.717) is 21.8 Å². The summed E-state index contributed by atoms with van der Waals surface area (Å²) < 4.78 is 5.83. The largest absolute Gasteiger partial charge is 0.416 e. The van der Waals surface area contributed by atoms with E-state index in [1.54, 1.807) is 18.2 Å². The highest BCUT2D eigenvalue weighted by Gasteiger charge is 2.11. The first-order valence-electron chi connectivity index (χ1n) is 9.72. The summed E-state index contributed by atoms with van der Waals surface area (Å²) in [5, 5.41) is 11.7. The number of aromatic nitrogens is 2. The highest BCUT2D eigenvalue weighted by atomic mass is 35.5. The van der Waals surface area contributed by atoms with Gasteiger partial charge in [-0.05, 0) is 52.2 Å². The molecule has 0 unspecified atom stereocenters. The first-order chi connectivity index (χ1) is 15.2. The fourth-order valence-electron chi connectivity index (χ4n) is 3.40. The summed E-state index contributed by atoms with van der Waals surface area (Å²) in [4.78, 5) is 0. The standard InChI is InChI=1S/C26H16Cl2N2O/c27-23-15-14-21(16-24(23)28)26-30-29-25(31-26)20-12-9-17(10-13-20)8-11-19-6-3-5-18-4-1-2-7-22(18)19/h1-16H/b11-8+. The maximum atomic E-state index is 6.08. The van der Waals surface area contributed by atoms with Crippen molar-refractivity contribution in [3.05, 3.63) is 106 Å². The molecule has 0 aliphatic heterocycles. The minimum absolute atomic E-state index is 0.397. The highest BCUT2D eigenvalue weighted by molar-refractivity contribution is 6.42. The molecular formula is C26H16Cl2N2O. The molecule has 3 nitrogen and oxygen atoms in total. The Morgan fingerprint density at radius 1 is 0.645 bits per heavy atom.